The van der Waals surface area contributed by atoms with Crippen molar-refractivity contribution in [1.82, 2.24) is 0 Å². The normalized spacial score (nSPS) is 10.9. The molecule has 0 N–H and O–H groups in total. The molecule has 2 heterocycles. The largest absolute Gasteiger partial charge is 0.462 e. The van der Waals surface area contributed by atoms with Gasteiger partial charge in [-0.2, -0.15) is 0 Å². The van der Waals surface area contributed by atoms with Crippen LogP contribution in [0.5, 0.6) is 0 Å². The maximum atomic E-state index is 11.9. The van der Waals surface area contributed by atoms with E-state index in [4.69, 9.17) is 9.47 Å². The van der Waals surface area contributed by atoms with Crippen LogP contribution in [0, 0.1) is 0 Å². The SMILES string of the molecule is CCOC(=O)c1cc2c(C(=O)OC(C)C)csc2s1. The fourth-order valence-corrected chi connectivity index (χ4v) is 3.71. The fourth-order valence-electron chi connectivity index (χ4n) is 1.56. The van der Waals surface area contributed by atoms with Crippen molar-refractivity contribution in [2.24, 2.45) is 0 Å². The molecule has 0 aliphatic carbocycles. The van der Waals surface area contributed by atoms with Crippen LogP contribution in [0.2, 0.25) is 0 Å². The second-order valence-electron chi connectivity index (χ2n) is 4.14. The highest BCUT2D eigenvalue weighted by Crippen LogP contribution is 2.34. The molecule has 2 aromatic heterocycles. The molecule has 0 saturated heterocycles. The average Bonchev–Trinajstić information content (AvgIpc) is 2.86. The zero-order valence-electron chi connectivity index (χ0n) is 10.9. The van der Waals surface area contributed by atoms with Gasteiger partial charge in [0.15, 0.2) is 0 Å². The molecule has 0 aliphatic rings. The minimum absolute atomic E-state index is 0.161. The van der Waals surface area contributed by atoms with E-state index in [0.29, 0.717) is 17.0 Å². The molecule has 19 heavy (non-hydrogen) atoms. The molecule has 2 rings (SSSR count). The molecule has 0 radical (unpaired) electrons. The Bertz CT molecular complexity index is 609. The van der Waals surface area contributed by atoms with E-state index in [2.05, 4.69) is 0 Å². The first-order chi connectivity index (χ1) is 9.02. The number of ether oxygens (including phenoxy) is 2. The molecule has 0 unspecified atom stereocenters. The average molecular weight is 298 g/mol. The molecular weight excluding hydrogens is 284 g/mol. The first-order valence-corrected chi connectivity index (χ1v) is 7.61. The van der Waals surface area contributed by atoms with Crippen LogP contribution in [0.4, 0.5) is 0 Å². The van der Waals surface area contributed by atoms with Crippen LogP contribution in [0.3, 0.4) is 0 Å². The summed E-state index contributed by atoms with van der Waals surface area (Å²) in [5.74, 6) is -0.700. The smallest absolute Gasteiger partial charge is 0.348 e. The predicted octanol–water partition coefficient (Wildman–Crippen LogP) is 3.70. The Kier molecular flexibility index (Phi) is 4.21. The van der Waals surface area contributed by atoms with Crippen LogP contribution in [0.25, 0.3) is 9.40 Å². The molecule has 4 nitrogen and oxygen atoms in total. The van der Waals surface area contributed by atoms with Gasteiger partial charge < -0.3 is 9.47 Å². The van der Waals surface area contributed by atoms with Gasteiger partial charge in [0.1, 0.15) is 4.88 Å². The Morgan fingerprint density at radius 2 is 2.05 bits per heavy atom. The van der Waals surface area contributed by atoms with Crippen LogP contribution in [-0.4, -0.2) is 24.6 Å². The summed E-state index contributed by atoms with van der Waals surface area (Å²) in [4.78, 5) is 24.1. The number of carbonyl (C=O) groups excluding carboxylic acids is 2. The molecule has 0 aromatic carbocycles. The lowest BCUT2D eigenvalue weighted by atomic mass is 10.2. The van der Waals surface area contributed by atoms with Gasteiger partial charge in [0, 0.05) is 10.8 Å². The number of hydrogen-bond acceptors (Lipinski definition) is 6. The topological polar surface area (TPSA) is 52.6 Å². The van der Waals surface area contributed by atoms with Crippen molar-refractivity contribution in [2.45, 2.75) is 26.9 Å². The number of fused-ring (bicyclic) bond motifs is 1. The van der Waals surface area contributed by atoms with Crippen LogP contribution in [0.1, 0.15) is 40.8 Å². The van der Waals surface area contributed by atoms with Crippen molar-refractivity contribution in [3.05, 3.63) is 21.9 Å². The molecule has 0 saturated carbocycles. The van der Waals surface area contributed by atoms with Crippen molar-refractivity contribution in [3.63, 3.8) is 0 Å². The second kappa shape index (κ2) is 5.71. The third-order valence-electron chi connectivity index (χ3n) is 2.31. The molecule has 6 heteroatoms. The molecule has 0 fully saturated rings. The Morgan fingerprint density at radius 1 is 1.32 bits per heavy atom. The van der Waals surface area contributed by atoms with E-state index in [0.717, 1.165) is 9.40 Å². The maximum absolute atomic E-state index is 11.9. The number of carbonyl (C=O) groups is 2. The van der Waals surface area contributed by atoms with E-state index in [1.165, 1.54) is 22.7 Å². The zero-order chi connectivity index (χ0) is 14.0. The molecule has 102 valence electrons. The molecule has 0 atom stereocenters. The third-order valence-corrected chi connectivity index (χ3v) is 4.55. The first-order valence-electron chi connectivity index (χ1n) is 5.92. The van der Waals surface area contributed by atoms with Crippen molar-refractivity contribution in [3.8, 4) is 0 Å². The van der Waals surface area contributed by atoms with Gasteiger partial charge in [-0.15, -0.1) is 22.7 Å². The quantitative estimate of drug-likeness (QED) is 0.808. The fraction of sp³-hybridized carbons (Fsp3) is 0.385. The maximum Gasteiger partial charge on any atom is 0.348 e. The van der Waals surface area contributed by atoms with E-state index in [9.17, 15) is 9.59 Å². The highest BCUT2D eigenvalue weighted by Gasteiger charge is 2.19. The van der Waals surface area contributed by atoms with E-state index in [1.807, 2.05) is 0 Å². The molecule has 0 amide bonds. The Hall–Kier alpha value is -1.40. The molecule has 2 aromatic rings. The monoisotopic (exact) mass is 298 g/mol. The molecular formula is C13H14O4S2. The number of esters is 2. The van der Waals surface area contributed by atoms with Crippen molar-refractivity contribution >= 4 is 44.0 Å². The van der Waals surface area contributed by atoms with Gasteiger partial charge in [-0.1, -0.05) is 0 Å². The lowest BCUT2D eigenvalue weighted by molar-refractivity contribution is 0.0380. The van der Waals surface area contributed by atoms with Crippen LogP contribution in [-0.2, 0) is 9.47 Å². The predicted molar refractivity (Wildman–Crippen MR) is 76.2 cm³/mol. The highest BCUT2D eigenvalue weighted by atomic mass is 32.2. The van der Waals surface area contributed by atoms with Gasteiger partial charge in [0.2, 0.25) is 0 Å². The number of rotatable bonds is 4. The Labute approximate surface area is 118 Å². The van der Waals surface area contributed by atoms with Gasteiger partial charge in [0.05, 0.1) is 22.3 Å². The summed E-state index contributed by atoms with van der Waals surface area (Å²) < 4.78 is 11.1. The summed E-state index contributed by atoms with van der Waals surface area (Å²) in [6.07, 6.45) is -0.161. The molecule has 0 bridgehead atoms. The van der Waals surface area contributed by atoms with Gasteiger partial charge >= 0.3 is 11.9 Å². The molecule has 0 aliphatic heterocycles. The second-order valence-corrected chi connectivity index (χ2v) is 6.33. The summed E-state index contributed by atoms with van der Waals surface area (Å²) in [6.45, 7) is 5.71. The van der Waals surface area contributed by atoms with Crippen molar-refractivity contribution in [2.75, 3.05) is 6.61 Å². The van der Waals surface area contributed by atoms with Gasteiger partial charge in [-0.05, 0) is 26.8 Å². The third kappa shape index (κ3) is 2.96. The van der Waals surface area contributed by atoms with E-state index in [1.54, 1.807) is 32.2 Å². The van der Waals surface area contributed by atoms with Crippen molar-refractivity contribution in [1.29, 1.82) is 0 Å². The minimum atomic E-state index is -0.352. The van der Waals surface area contributed by atoms with Crippen LogP contribution < -0.4 is 0 Å². The van der Waals surface area contributed by atoms with E-state index >= 15 is 0 Å². The summed E-state index contributed by atoms with van der Waals surface area (Å²) >= 11 is 2.77. The Balaban J connectivity index is 2.32. The van der Waals surface area contributed by atoms with Gasteiger partial charge in [-0.3, -0.25) is 0 Å². The number of hydrogen-bond donors (Lipinski definition) is 0. The van der Waals surface area contributed by atoms with Crippen molar-refractivity contribution < 1.29 is 19.1 Å². The highest BCUT2D eigenvalue weighted by molar-refractivity contribution is 7.38. The summed E-state index contributed by atoms with van der Waals surface area (Å²) in [7, 11) is 0. The van der Waals surface area contributed by atoms with E-state index in [-0.39, 0.29) is 18.0 Å². The first kappa shape index (κ1) is 14.0. The lowest BCUT2D eigenvalue weighted by Gasteiger charge is -2.06. The summed E-state index contributed by atoms with van der Waals surface area (Å²) in [5.41, 5.74) is 0.514. The summed E-state index contributed by atoms with van der Waals surface area (Å²) in [5, 5.41) is 2.53. The van der Waals surface area contributed by atoms with Crippen LogP contribution >= 0.6 is 22.7 Å². The van der Waals surface area contributed by atoms with E-state index < -0.39 is 0 Å². The van der Waals surface area contributed by atoms with Gasteiger partial charge in [-0.25, -0.2) is 9.59 Å². The van der Waals surface area contributed by atoms with Crippen LogP contribution in [0.15, 0.2) is 11.4 Å². The molecule has 0 spiro atoms. The van der Waals surface area contributed by atoms with Gasteiger partial charge in [0.25, 0.3) is 0 Å². The summed E-state index contributed by atoms with van der Waals surface area (Å²) in [6, 6.07) is 1.70. The standard InChI is InChI=1S/C13H14O4S2/c1-4-16-12(15)10-5-8-9(6-18-13(8)19-10)11(14)17-7(2)3/h5-7H,4H2,1-3H3. The lowest BCUT2D eigenvalue weighted by Crippen LogP contribution is -2.10. The minimum Gasteiger partial charge on any atom is -0.462 e. The number of thiophene rings is 2. The zero-order valence-corrected chi connectivity index (χ0v) is 12.5. The Morgan fingerprint density at radius 3 is 2.68 bits per heavy atom.